The first-order valence-electron chi connectivity index (χ1n) is 11.8. The molecule has 1 heterocycles. The number of likely N-dealkylation sites (tertiary alicyclic amines) is 1. The lowest BCUT2D eigenvalue weighted by atomic mass is 9.80. The van der Waals surface area contributed by atoms with Crippen LogP contribution in [-0.4, -0.2) is 47.1 Å². The van der Waals surface area contributed by atoms with Crippen LogP contribution in [-0.2, 0) is 4.79 Å². The molecule has 1 aliphatic carbocycles. The van der Waals surface area contributed by atoms with Crippen LogP contribution in [0.5, 0.6) is 0 Å². The van der Waals surface area contributed by atoms with Gasteiger partial charge in [-0.1, -0.05) is 31.2 Å². The van der Waals surface area contributed by atoms with Gasteiger partial charge in [0.05, 0.1) is 11.5 Å². The van der Waals surface area contributed by atoms with E-state index in [-0.39, 0.29) is 17.3 Å². The largest absolute Gasteiger partial charge is 0.478 e. The van der Waals surface area contributed by atoms with E-state index in [2.05, 4.69) is 11.5 Å². The lowest BCUT2D eigenvalue weighted by Gasteiger charge is -2.36. The SMILES string of the molecule is C=C(Cl)/C=C\C=C(/F)C1[C@H](C(=O)N(CCC)c2ccc(C(=O)O)cc2)CN(CC2CC2)C1(C)C. The first-order chi connectivity index (χ1) is 16.1. The summed E-state index contributed by atoms with van der Waals surface area (Å²) in [5.41, 5.74) is 0.238. The van der Waals surface area contributed by atoms with Crippen LogP contribution in [0.3, 0.4) is 0 Å². The molecule has 1 saturated carbocycles. The standard InChI is InChI=1S/C27H34ClFN2O3/c1-5-15-31(21-13-11-20(12-14-21)26(33)34)25(32)22-17-30(16-19-9-10-19)27(3,4)24(22)23(29)8-6-7-18(2)28/h6-8,11-14,19,22,24H,2,5,9-10,15-17H2,1,3-4H3,(H,33,34)/b7-6-,23-8-/t22-,24?/m1/s1. The molecule has 1 aliphatic heterocycles. The highest BCUT2D eigenvalue weighted by atomic mass is 35.5. The Kier molecular flexibility index (Phi) is 8.37. The van der Waals surface area contributed by atoms with Crippen LogP contribution in [0.1, 0.15) is 50.4 Å². The third-order valence-corrected chi connectivity index (χ3v) is 6.98. The summed E-state index contributed by atoms with van der Waals surface area (Å²) in [5.74, 6) is -2.10. The lowest BCUT2D eigenvalue weighted by molar-refractivity contribution is -0.123. The number of carboxylic acids is 1. The fraction of sp³-hybridized carbons (Fsp3) is 0.481. The Bertz CT molecular complexity index is 982. The minimum absolute atomic E-state index is 0.143. The zero-order valence-corrected chi connectivity index (χ0v) is 20.9. The number of aromatic carboxylic acids is 1. The van der Waals surface area contributed by atoms with Crippen molar-refractivity contribution in [3.05, 3.63) is 65.5 Å². The van der Waals surface area contributed by atoms with Crippen LogP contribution < -0.4 is 4.90 Å². The number of carbonyl (C=O) groups is 2. The minimum Gasteiger partial charge on any atom is -0.478 e. The number of hydrogen-bond acceptors (Lipinski definition) is 3. The van der Waals surface area contributed by atoms with Gasteiger partial charge in [0, 0.05) is 41.8 Å². The molecule has 5 nitrogen and oxygen atoms in total. The van der Waals surface area contributed by atoms with E-state index < -0.39 is 23.3 Å². The maximum absolute atomic E-state index is 15.7. The maximum atomic E-state index is 15.7. The highest BCUT2D eigenvalue weighted by molar-refractivity contribution is 6.30. The number of hydrogen-bond donors (Lipinski definition) is 1. The van der Waals surface area contributed by atoms with E-state index >= 15 is 4.39 Å². The molecular formula is C27H34ClFN2O3. The second-order valence-corrected chi connectivity index (χ2v) is 10.3. The van der Waals surface area contributed by atoms with Crippen molar-refractivity contribution in [2.45, 2.75) is 45.6 Å². The van der Waals surface area contributed by atoms with Crippen LogP contribution >= 0.6 is 11.6 Å². The molecule has 0 spiro atoms. The number of amides is 1. The Labute approximate surface area is 206 Å². The summed E-state index contributed by atoms with van der Waals surface area (Å²) in [5, 5.41) is 9.51. The number of halogens is 2. The molecule has 0 bridgehead atoms. The Morgan fingerprint density at radius 3 is 2.47 bits per heavy atom. The van der Waals surface area contributed by atoms with Crippen LogP contribution in [0.4, 0.5) is 10.1 Å². The molecule has 34 heavy (non-hydrogen) atoms. The second-order valence-electron chi connectivity index (χ2n) is 9.79. The molecular weight excluding hydrogens is 455 g/mol. The van der Waals surface area contributed by atoms with Crippen molar-refractivity contribution in [3.8, 4) is 0 Å². The van der Waals surface area contributed by atoms with Crippen molar-refractivity contribution in [2.24, 2.45) is 17.8 Å². The summed E-state index contributed by atoms with van der Waals surface area (Å²) < 4.78 is 15.7. The molecule has 3 rings (SSSR count). The van der Waals surface area contributed by atoms with Gasteiger partial charge < -0.3 is 10.0 Å². The molecule has 2 atom stereocenters. The maximum Gasteiger partial charge on any atom is 0.335 e. The fourth-order valence-electron chi connectivity index (χ4n) is 4.86. The zero-order chi connectivity index (χ0) is 25.0. The second kappa shape index (κ2) is 10.9. The van der Waals surface area contributed by atoms with Crippen LogP contribution in [0.2, 0.25) is 0 Å². The Morgan fingerprint density at radius 2 is 1.94 bits per heavy atom. The summed E-state index contributed by atoms with van der Waals surface area (Å²) in [7, 11) is 0. The molecule has 1 saturated heterocycles. The molecule has 2 fully saturated rings. The molecule has 1 unspecified atom stereocenters. The number of carbonyl (C=O) groups excluding carboxylic acids is 1. The minimum atomic E-state index is -1.02. The number of rotatable bonds is 10. The van der Waals surface area contributed by atoms with E-state index in [1.165, 1.54) is 43.2 Å². The van der Waals surface area contributed by atoms with Crippen molar-refractivity contribution < 1.29 is 19.1 Å². The smallest absolute Gasteiger partial charge is 0.335 e. The summed E-state index contributed by atoms with van der Waals surface area (Å²) in [6.45, 7) is 11.4. The van der Waals surface area contributed by atoms with Gasteiger partial charge in [-0.05, 0) is 75.4 Å². The summed E-state index contributed by atoms with van der Waals surface area (Å²) in [4.78, 5) is 29.1. The van der Waals surface area contributed by atoms with Crippen LogP contribution in [0.25, 0.3) is 0 Å². The van der Waals surface area contributed by atoms with E-state index in [9.17, 15) is 14.7 Å². The molecule has 1 N–H and O–H groups in total. The highest BCUT2D eigenvalue weighted by Gasteiger charge is 2.53. The third kappa shape index (κ3) is 5.97. The highest BCUT2D eigenvalue weighted by Crippen LogP contribution is 2.46. The number of benzene rings is 1. The van der Waals surface area contributed by atoms with Gasteiger partial charge in [0.2, 0.25) is 5.91 Å². The predicted molar refractivity (Wildman–Crippen MR) is 135 cm³/mol. The molecule has 0 aromatic heterocycles. The molecule has 1 amide bonds. The predicted octanol–water partition coefficient (Wildman–Crippen LogP) is 6.03. The zero-order valence-electron chi connectivity index (χ0n) is 20.1. The number of anilines is 1. The van der Waals surface area contributed by atoms with Gasteiger partial charge in [0.25, 0.3) is 0 Å². The summed E-state index contributed by atoms with van der Waals surface area (Å²) >= 11 is 5.78. The monoisotopic (exact) mass is 488 g/mol. The number of allylic oxidation sites excluding steroid dienone is 4. The summed E-state index contributed by atoms with van der Waals surface area (Å²) in [6.07, 6.45) is 7.50. The lowest BCUT2D eigenvalue weighted by Crippen LogP contribution is -2.44. The first-order valence-corrected chi connectivity index (χ1v) is 12.2. The van der Waals surface area contributed by atoms with Crippen molar-refractivity contribution in [1.82, 2.24) is 4.90 Å². The molecule has 184 valence electrons. The van der Waals surface area contributed by atoms with Gasteiger partial charge >= 0.3 is 5.97 Å². The molecule has 1 aromatic rings. The molecule has 2 aliphatic rings. The fourth-order valence-corrected chi connectivity index (χ4v) is 4.93. The van der Waals surface area contributed by atoms with Gasteiger partial charge in [0.1, 0.15) is 5.83 Å². The van der Waals surface area contributed by atoms with E-state index in [0.717, 1.165) is 13.0 Å². The van der Waals surface area contributed by atoms with Crippen molar-refractivity contribution in [2.75, 3.05) is 24.5 Å². The van der Waals surface area contributed by atoms with Crippen LogP contribution in [0, 0.1) is 17.8 Å². The molecule has 7 heteroatoms. The number of carboxylic acid groups (broad SMARTS) is 1. The van der Waals surface area contributed by atoms with E-state index in [0.29, 0.717) is 29.7 Å². The van der Waals surface area contributed by atoms with E-state index in [1.54, 1.807) is 17.0 Å². The third-order valence-electron chi connectivity index (χ3n) is 6.86. The van der Waals surface area contributed by atoms with E-state index in [1.807, 2.05) is 20.8 Å². The van der Waals surface area contributed by atoms with Crippen LogP contribution in [0.15, 0.2) is 59.9 Å². The average molecular weight is 489 g/mol. The molecule has 1 aromatic carbocycles. The Morgan fingerprint density at radius 1 is 1.29 bits per heavy atom. The van der Waals surface area contributed by atoms with Gasteiger partial charge in [0.15, 0.2) is 0 Å². The van der Waals surface area contributed by atoms with Gasteiger partial charge in [-0.3, -0.25) is 9.69 Å². The first kappa shape index (κ1) is 26.2. The van der Waals surface area contributed by atoms with Crippen molar-refractivity contribution in [1.29, 1.82) is 0 Å². The van der Waals surface area contributed by atoms with Crippen molar-refractivity contribution >= 4 is 29.2 Å². The van der Waals surface area contributed by atoms with Gasteiger partial charge in [-0.15, -0.1) is 0 Å². The van der Waals surface area contributed by atoms with Gasteiger partial charge in [-0.2, -0.15) is 0 Å². The van der Waals surface area contributed by atoms with E-state index in [4.69, 9.17) is 11.6 Å². The number of nitrogens with zero attached hydrogens (tertiary/aromatic N) is 2. The Hall–Kier alpha value is -2.44. The van der Waals surface area contributed by atoms with Gasteiger partial charge in [-0.25, -0.2) is 9.18 Å². The normalized spacial score (nSPS) is 22.8. The average Bonchev–Trinajstić information content (AvgIpc) is 3.55. The quantitative estimate of drug-likeness (QED) is 0.409. The Balaban J connectivity index is 1.95. The molecule has 0 radical (unpaired) electrons. The topological polar surface area (TPSA) is 60.9 Å². The van der Waals surface area contributed by atoms with Crippen molar-refractivity contribution in [3.63, 3.8) is 0 Å². The summed E-state index contributed by atoms with van der Waals surface area (Å²) in [6, 6.07) is 6.28.